The number of carbonyl (C=O) groups excluding carboxylic acids is 4. The highest BCUT2D eigenvalue weighted by Crippen LogP contribution is 2.23. The van der Waals surface area contributed by atoms with Crippen LogP contribution in [-0.2, 0) is 0 Å². The van der Waals surface area contributed by atoms with Gasteiger partial charge in [-0.3, -0.25) is 19.2 Å². The molecule has 308 valence electrons. The molecule has 0 aliphatic rings. The van der Waals surface area contributed by atoms with Crippen molar-refractivity contribution in [2.75, 3.05) is 13.2 Å². The van der Waals surface area contributed by atoms with Crippen molar-refractivity contribution >= 4 is 23.1 Å². The zero-order chi connectivity index (χ0) is 42.4. The van der Waals surface area contributed by atoms with Crippen LogP contribution in [0, 0.1) is 5.92 Å². The fraction of sp³-hybridized carbons (Fsp3) is 0.429. The highest BCUT2D eigenvalue weighted by atomic mass is 16.5. The molecule has 0 heterocycles. The lowest BCUT2D eigenvalue weighted by atomic mass is 10.0. The maximum atomic E-state index is 11.2. The minimum absolute atomic E-state index is 0.0296. The first-order valence-corrected chi connectivity index (χ1v) is 20.1. The summed E-state index contributed by atoms with van der Waals surface area (Å²) in [4.78, 5) is 44.7. The van der Waals surface area contributed by atoms with Gasteiger partial charge >= 0.3 is 0 Å². The van der Waals surface area contributed by atoms with Gasteiger partial charge in [0, 0.05) is 22.3 Å². The van der Waals surface area contributed by atoms with E-state index in [0.717, 1.165) is 48.0 Å². The third-order valence-electron chi connectivity index (χ3n) is 9.20. The molecule has 0 saturated carbocycles. The van der Waals surface area contributed by atoms with E-state index >= 15 is 0 Å². The van der Waals surface area contributed by atoms with Gasteiger partial charge < -0.3 is 18.9 Å². The van der Waals surface area contributed by atoms with Gasteiger partial charge in [-0.15, -0.1) is 0 Å². The zero-order valence-corrected chi connectivity index (χ0v) is 35.8. The third kappa shape index (κ3) is 19.5. The van der Waals surface area contributed by atoms with Crippen molar-refractivity contribution in [3.05, 3.63) is 119 Å². The Kier molecular flexibility index (Phi) is 21.1. The van der Waals surface area contributed by atoms with Crippen LogP contribution in [0.15, 0.2) is 97.1 Å². The highest BCUT2D eigenvalue weighted by molar-refractivity contribution is 5.95. The second kappa shape index (κ2) is 25.1. The lowest BCUT2D eigenvalue weighted by Crippen LogP contribution is -2.27. The first-order valence-electron chi connectivity index (χ1n) is 20.1. The molecular weight excluding hydrogens is 717 g/mol. The number of unbranched alkanes of at least 4 members (excludes halogenated alkanes) is 1. The molecule has 0 aliphatic heterocycles. The fourth-order valence-corrected chi connectivity index (χ4v) is 5.38. The van der Waals surface area contributed by atoms with Crippen LogP contribution in [0.1, 0.15) is 149 Å². The van der Waals surface area contributed by atoms with E-state index in [9.17, 15) is 19.2 Å². The maximum Gasteiger partial charge on any atom is 0.159 e. The lowest BCUT2D eigenvalue weighted by Gasteiger charge is -2.26. The molecule has 0 N–H and O–H groups in total. The number of carbonyl (C=O) groups is 4. The number of hydrogen-bond acceptors (Lipinski definition) is 8. The molecule has 4 rings (SSSR count). The average molecular weight is 781 g/mol. The largest absolute Gasteiger partial charge is 0.494 e. The van der Waals surface area contributed by atoms with Gasteiger partial charge in [0.25, 0.3) is 0 Å². The molecule has 2 atom stereocenters. The monoisotopic (exact) mass is 780 g/mol. The molecule has 2 unspecified atom stereocenters. The Labute approximate surface area is 341 Å². The normalized spacial score (nSPS) is 11.7. The van der Waals surface area contributed by atoms with E-state index in [4.69, 9.17) is 18.9 Å². The number of rotatable bonds is 20. The van der Waals surface area contributed by atoms with Crippen LogP contribution in [0.3, 0.4) is 0 Å². The van der Waals surface area contributed by atoms with Crippen LogP contribution in [0.5, 0.6) is 23.0 Å². The van der Waals surface area contributed by atoms with Crippen LogP contribution < -0.4 is 18.9 Å². The predicted octanol–water partition coefficient (Wildman–Crippen LogP) is 12.3. The van der Waals surface area contributed by atoms with Crippen molar-refractivity contribution in [3.63, 3.8) is 0 Å². The van der Waals surface area contributed by atoms with E-state index in [1.165, 1.54) is 39.5 Å². The molecule has 0 bridgehead atoms. The van der Waals surface area contributed by atoms with Crippen molar-refractivity contribution in [1.82, 2.24) is 0 Å². The lowest BCUT2D eigenvalue weighted by molar-refractivity contribution is 0.0964. The average Bonchev–Trinajstić information content (AvgIpc) is 3.19. The van der Waals surface area contributed by atoms with Gasteiger partial charge in [0.15, 0.2) is 23.1 Å². The first kappa shape index (κ1) is 47.9. The predicted molar refractivity (Wildman–Crippen MR) is 230 cm³/mol. The number of ether oxygens (including phenoxy) is 4. The number of hydrogen-bond donors (Lipinski definition) is 0. The van der Waals surface area contributed by atoms with Gasteiger partial charge in [0.2, 0.25) is 0 Å². The smallest absolute Gasteiger partial charge is 0.159 e. The Morgan fingerprint density at radius 2 is 0.930 bits per heavy atom. The summed E-state index contributed by atoms with van der Waals surface area (Å²) >= 11 is 0. The summed E-state index contributed by atoms with van der Waals surface area (Å²) in [5.41, 5.74) is 2.63. The van der Waals surface area contributed by atoms with Gasteiger partial charge in [-0.2, -0.15) is 0 Å². The molecule has 8 nitrogen and oxygen atoms in total. The van der Waals surface area contributed by atoms with Crippen molar-refractivity contribution < 1.29 is 38.1 Å². The Morgan fingerprint density at radius 3 is 1.32 bits per heavy atom. The molecular formula is C49H64O8. The molecule has 0 saturated heterocycles. The van der Waals surface area contributed by atoms with Crippen molar-refractivity contribution in [1.29, 1.82) is 0 Å². The van der Waals surface area contributed by atoms with Crippen molar-refractivity contribution in [2.24, 2.45) is 5.92 Å². The molecule has 0 aliphatic carbocycles. The van der Waals surface area contributed by atoms with E-state index in [-0.39, 0.29) is 34.8 Å². The van der Waals surface area contributed by atoms with Gasteiger partial charge in [-0.05, 0) is 177 Å². The Morgan fingerprint density at radius 1 is 0.544 bits per heavy atom. The first-order chi connectivity index (χ1) is 27.0. The second-order valence-corrected chi connectivity index (χ2v) is 15.0. The summed E-state index contributed by atoms with van der Waals surface area (Å²) in [6.45, 7) is 20.1. The standard InChI is InChI=1S/C19H20O4.2C15H22O2/c1-13(23-19-10-6-17(7-11-19)15(3)21)12-22-18-8-4-16(5-9-18)14(2)20;1-5-6-11-15(3,4)17-14-9-7-13(8-10-14)12(2)16;1-4-12(2)6-5-11-17-15-9-7-14(8-10-15)13(3)16/h4-11,13H,12H2,1-3H3;7-10H,5-6,11H2,1-4H3;7-10,12H,4-6,11H2,1-3H3. The molecule has 4 aromatic carbocycles. The van der Waals surface area contributed by atoms with Crippen molar-refractivity contribution in [2.45, 2.75) is 119 Å². The Hall–Kier alpha value is -5.24. The molecule has 0 aromatic heterocycles. The van der Waals surface area contributed by atoms with E-state index in [2.05, 4.69) is 34.6 Å². The van der Waals surface area contributed by atoms with Crippen LogP contribution in [-0.4, -0.2) is 48.1 Å². The number of benzene rings is 4. The molecule has 0 fully saturated rings. The Bertz CT molecular complexity index is 1790. The number of Topliss-reactive ketones (excluding diaryl/α,β-unsaturated/α-hetero) is 4. The van der Waals surface area contributed by atoms with Crippen LogP contribution in [0.25, 0.3) is 0 Å². The highest BCUT2D eigenvalue weighted by Gasteiger charge is 2.19. The van der Waals surface area contributed by atoms with E-state index < -0.39 is 0 Å². The van der Waals surface area contributed by atoms with Crippen LogP contribution in [0.2, 0.25) is 0 Å². The summed E-state index contributed by atoms with van der Waals surface area (Å²) in [6.07, 6.45) is 6.76. The fourth-order valence-electron chi connectivity index (χ4n) is 5.38. The minimum Gasteiger partial charge on any atom is -0.494 e. The summed E-state index contributed by atoms with van der Waals surface area (Å²) < 4.78 is 22.9. The van der Waals surface area contributed by atoms with Gasteiger partial charge in [0.1, 0.15) is 41.3 Å². The topological polar surface area (TPSA) is 105 Å². The minimum atomic E-state index is -0.148. The molecule has 0 spiro atoms. The van der Waals surface area contributed by atoms with Crippen LogP contribution >= 0.6 is 0 Å². The summed E-state index contributed by atoms with van der Waals surface area (Å²) in [5, 5.41) is 0. The quantitative estimate of drug-likeness (QED) is 0.0645. The molecule has 8 heteroatoms. The van der Waals surface area contributed by atoms with Gasteiger partial charge in [-0.25, -0.2) is 0 Å². The van der Waals surface area contributed by atoms with E-state index in [1.54, 1.807) is 62.4 Å². The van der Waals surface area contributed by atoms with Crippen LogP contribution in [0.4, 0.5) is 0 Å². The molecule has 0 radical (unpaired) electrons. The third-order valence-corrected chi connectivity index (χ3v) is 9.20. The SMILES string of the molecule is CC(=O)c1ccc(OCC(C)Oc2ccc(C(C)=O)cc2)cc1.CCC(C)CCCOc1ccc(C(C)=O)cc1.CCCCC(C)(C)Oc1ccc(C(C)=O)cc1. The Balaban J connectivity index is 0.000000301. The maximum absolute atomic E-state index is 11.2. The van der Waals surface area contributed by atoms with Gasteiger partial charge in [-0.1, -0.05) is 33.6 Å². The number of ketones is 4. The second-order valence-electron chi connectivity index (χ2n) is 15.0. The summed E-state index contributed by atoms with van der Waals surface area (Å²) in [7, 11) is 0. The zero-order valence-electron chi connectivity index (χ0n) is 35.8. The van der Waals surface area contributed by atoms with E-state index in [1.807, 2.05) is 55.5 Å². The molecule has 4 aromatic rings. The molecule has 57 heavy (non-hydrogen) atoms. The summed E-state index contributed by atoms with van der Waals surface area (Å²) in [5.74, 6) is 4.07. The molecule has 0 amide bonds. The van der Waals surface area contributed by atoms with E-state index in [0.29, 0.717) is 29.2 Å². The summed E-state index contributed by atoms with van der Waals surface area (Å²) in [6, 6.07) is 28.7. The van der Waals surface area contributed by atoms with Crippen molar-refractivity contribution in [3.8, 4) is 23.0 Å². The van der Waals surface area contributed by atoms with Gasteiger partial charge in [0.05, 0.1) is 6.61 Å².